The predicted molar refractivity (Wildman–Crippen MR) is 66.8 cm³/mol. The lowest BCUT2D eigenvalue weighted by Crippen LogP contribution is -2.31. The van der Waals surface area contributed by atoms with Gasteiger partial charge in [0.05, 0.1) is 5.56 Å². The summed E-state index contributed by atoms with van der Waals surface area (Å²) in [5, 5.41) is 14.0. The smallest absolute Gasteiger partial charge is 0.338 e. The number of hydrogen-bond donors (Lipinski definition) is 3. The van der Waals surface area contributed by atoms with Crippen molar-refractivity contribution >= 4 is 17.8 Å². The third kappa shape index (κ3) is 4.38. The Morgan fingerprint density at radius 2 is 2.05 bits per heavy atom. The van der Waals surface area contributed by atoms with Crippen molar-refractivity contribution in [2.75, 3.05) is 13.1 Å². The standard InChI is InChI=1S/C12H15N3O4/c1-2-13-9(16)5-7-15-11(17)10-8(12(18)19)4-3-6-14-10/h3-4,6H,2,5,7H2,1H3,(H,13,16)(H,15,17)(H,18,19). The number of nitrogens with zero attached hydrogens (tertiary/aromatic N) is 1. The Morgan fingerprint density at radius 1 is 1.32 bits per heavy atom. The van der Waals surface area contributed by atoms with E-state index in [4.69, 9.17) is 5.11 Å². The fraction of sp³-hybridized carbons (Fsp3) is 0.333. The van der Waals surface area contributed by atoms with Gasteiger partial charge in [-0.05, 0) is 19.1 Å². The molecule has 0 aliphatic heterocycles. The number of pyridine rings is 1. The van der Waals surface area contributed by atoms with Gasteiger partial charge in [0.15, 0.2) is 0 Å². The van der Waals surface area contributed by atoms with E-state index in [2.05, 4.69) is 15.6 Å². The molecule has 0 saturated carbocycles. The van der Waals surface area contributed by atoms with Crippen molar-refractivity contribution in [1.82, 2.24) is 15.6 Å². The van der Waals surface area contributed by atoms with E-state index in [1.54, 1.807) is 6.92 Å². The van der Waals surface area contributed by atoms with Crippen LogP contribution in [0.2, 0.25) is 0 Å². The van der Waals surface area contributed by atoms with Gasteiger partial charge in [-0.2, -0.15) is 0 Å². The van der Waals surface area contributed by atoms with Gasteiger partial charge in [-0.1, -0.05) is 0 Å². The first-order valence-electron chi connectivity index (χ1n) is 5.79. The maximum atomic E-state index is 11.7. The number of rotatable bonds is 6. The number of nitrogens with one attached hydrogen (secondary N) is 2. The fourth-order valence-corrected chi connectivity index (χ4v) is 1.42. The molecule has 19 heavy (non-hydrogen) atoms. The van der Waals surface area contributed by atoms with Gasteiger partial charge in [-0.15, -0.1) is 0 Å². The summed E-state index contributed by atoms with van der Waals surface area (Å²) in [6.07, 6.45) is 1.47. The minimum Gasteiger partial charge on any atom is -0.478 e. The van der Waals surface area contributed by atoms with Gasteiger partial charge in [0.25, 0.3) is 5.91 Å². The Labute approximate surface area is 110 Å². The lowest BCUT2D eigenvalue weighted by atomic mass is 10.2. The third-order valence-corrected chi connectivity index (χ3v) is 2.26. The van der Waals surface area contributed by atoms with E-state index >= 15 is 0 Å². The van der Waals surface area contributed by atoms with E-state index < -0.39 is 11.9 Å². The number of aromatic nitrogens is 1. The summed E-state index contributed by atoms with van der Waals surface area (Å²) in [7, 11) is 0. The highest BCUT2D eigenvalue weighted by atomic mass is 16.4. The maximum Gasteiger partial charge on any atom is 0.338 e. The molecular weight excluding hydrogens is 250 g/mol. The van der Waals surface area contributed by atoms with E-state index in [0.29, 0.717) is 6.54 Å². The zero-order chi connectivity index (χ0) is 14.3. The van der Waals surface area contributed by atoms with E-state index in [-0.39, 0.29) is 30.1 Å². The molecular formula is C12H15N3O4. The van der Waals surface area contributed by atoms with Crippen molar-refractivity contribution < 1.29 is 19.5 Å². The molecule has 1 aromatic heterocycles. The molecule has 0 saturated heterocycles. The minimum atomic E-state index is -1.22. The van der Waals surface area contributed by atoms with E-state index in [1.165, 1.54) is 18.3 Å². The molecule has 0 aromatic carbocycles. The molecule has 0 atom stereocenters. The topological polar surface area (TPSA) is 108 Å². The summed E-state index contributed by atoms with van der Waals surface area (Å²) < 4.78 is 0. The summed E-state index contributed by atoms with van der Waals surface area (Å²) in [6, 6.07) is 2.74. The summed E-state index contributed by atoms with van der Waals surface area (Å²) in [5.41, 5.74) is -0.330. The van der Waals surface area contributed by atoms with Crippen molar-refractivity contribution in [1.29, 1.82) is 0 Å². The fourth-order valence-electron chi connectivity index (χ4n) is 1.42. The van der Waals surface area contributed by atoms with E-state index in [0.717, 1.165) is 0 Å². The summed E-state index contributed by atoms with van der Waals surface area (Å²) in [5.74, 6) is -2.01. The van der Waals surface area contributed by atoms with Gasteiger partial charge in [0.2, 0.25) is 5.91 Å². The maximum absolute atomic E-state index is 11.7. The molecule has 2 amide bonds. The zero-order valence-corrected chi connectivity index (χ0v) is 10.5. The monoisotopic (exact) mass is 265 g/mol. The van der Waals surface area contributed by atoms with Crippen molar-refractivity contribution in [2.24, 2.45) is 0 Å². The summed E-state index contributed by atoms with van der Waals surface area (Å²) in [6.45, 7) is 2.44. The van der Waals surface area contributed by atoms with Crippen LogP contribution in [-0.2, 0) is 4.79 Å². The molecule has 0 aliphatic carbocycles. The second-order valence-electron chi connectivity index (χ2n) is 3.66. The highest BCUT2D eigenvalue weighted by molar-refractivity contribution is 6.03. The second-order valence-corrected chi connectivity index (χ2v) is 3.66. The van der Waals surface area contributed by atoms with E-state index in [9.17, 15) is 14.4 Å². The van der Waals surface area contributed by atoms with Crippen molar-refractivity contribution in [2.45, 2.75) is 13.3 Å². The first-order valence-corrected chi connectivity index (χ1v) is 5.79. The van der Waals surface area contributed by atoms with Crippen LogP contribution in [0.25, 0.3) is 0 Å². The van der Waals surface area contributed by atoms with Crippen molar-refractivity contribution in [3.8, 4) is 0 Å². The molecule has 0 radical (unpaired) electrons. The van der Waals surface area contributed by atoms with E-state index in [1.807, 2.05) is 0 Å². The Kier molecular flexibility index (Phi) is 5.46. The molecule has 0 aliphatic rings. The van der Waals surface area contributed by atoms with Gasteiger partial charge >= 0.3 is 5.97 Å². The second kappa shape index (κ2) is 7.10. The quantitative estimate of drug-likeness (QED) is 0.672. The predicted octanol–water partition coefficient (Wildman–Crippen LogP) is 0.0358. The number of carbonyl (C=O) groups is 3. The molecule has 102 valence electrons. The van der Waals surface area contributed by atoms with Gasteiger partial charge < -0.3 is 15.7 Å². The van der Waals surface area contributed by atoms with Crippen LogP contribution < -0.4 is 10.6 Å². The summed E-state index contributed by atoms with van der Waals surface area (Å²) >= 11 is 0. The van der Waals surface area contributed by atoms with Crippen LogP contribution in [-0.4, -0.2) is 41.0 Å². The van der Waals surface area contributed by atoms with Gasteiger partial charge in [0, 0.05) is 25.7 Å². The molecule has 1 aromatic rings. The highest BCUT2D eigenvalue weighted by Gasteiger charge is 2.17. The SMILES string of the molecule is CCNC(=O)CCNC(=O)c1ncccc1C(=O)O. The summed E-state index contributed by atoms with van der Waals surface area (Å²) in [4.78, 5) is 37.6. The van der Waals surface area contributed by atoms with Crippen LogP contribution in [0.15, 0.2) is 18.3 Å². The van der Waals surface area contributed by atoms with Crippen molar-refractivity contribution in [3.05, 3.63) is 29.6 Å². The Hall–Kier alpha value is -2.44. The third-order valence-electron chi connectivity index (χ3n) is 2.26. The molecule has 1 heterocycles. The largest absolute Gasteiger partial charge is 0.478 e. The number of hydrogen-bond acceptors (Lipinski definition) is 4. The number of carboxylic acid groups (broad SMARTS) is 1. The molecule has 1 rings (SSSR count). The van der Waals surface area contributed by atoms with Gasteiger partial charge in [-0.25, -0.2) is 4.79 Å². The van der Waals surface area contributed by atoms with Crippen LogP contribution in [0.5, 0.6) is 0 Å². The van der Waals surface area contributed by atoms with Gasteiger partial charge in [0.1, 0.15) is 5.69 Å². The molecule has 0 spiro atoms. The average molecular weight is 265 g/mol. The molecule has 0 bridgehead atoms. The minimum absolute atomic E-state index is 0.125. The number of carbonyl (C=O) groups excluding carboxylic acids is 2. The number of aromatic carboxylic acids is 1. The van der Waals surface area contributed by atoms with Crippen LogP contribution >= 0.6 is 0 Å². The molecule has 0 unspecified atom stereocenters. The Bertz CT molecular complexity index is 488. The lowest BCUT2D eigenvalue weighted by molar-refractivity contribution is -0.120. The Morgan fingerprint density at radius 3 is 2.68 bits per heavy atom. The lowest BCUT2D eigenvalue weighted by Gasteiger charge is -2.06. The molecule has 0 fully saturated rings. The molecule has 7 nitrogen and oxygen atoms in total. The van der Waals surface area contributed by atoms with Gasteiger partial charge in [-0.3, -0.25) is 14.6 Å². The zero-order valence-electron chi connectivity index (χ0n) is 10.5. The molecule has 3 N–H and O–H groups in total. The number of amides is 2. The highest BCUT2D eigenvalue weighted by Crippen LogP contribution is 2.04. The average Bonchev–Trinajstić information content (AvgIpc) is 2.38. The molecule has 7 heteroatoms. The van der Waals surface area contributed by atoms with Crippen molar-refractivity contribution in [3.63, 3.8) is 0 Å². The first-order chi connectivity index (χ1) is 9.06. The number of carboxylic acids is 1. The first kappa shape index (κ1) is 14.6. The normalized spacial score (nSPS) is 9.74. The van der Waals surface area contributed by atoms with Crippen LogP contribution in [0.3, 0.4) is 0 Å². The van der Waals surface area contributed by atoms with Crippen LogP contribution in [0, 0.1) is 0 Å². The van der Waals surface area contributed by atoms with Crippen LogP contribution in [0.1, 0.15) is 34.2 Å². The Balaban J connectivity index is 2.59. The van der Waals surface area contributed by atoms with Crippen LogP contribution in [0.4, 0.5) is 0 Å².